The first kappa shape index (κ1) is 11.0. The third kappa shape index (κ3) is 3.38. The molecule has 14 heavy (non-hydrogen) atoms. The van der Waals surface area contributed by atoms with E-state index in [2.05, 4.69) is 9.64 Å². The Morgan fingerprint density at radius 1 is 1.43 bits per heavy atom. The summed E-state index contributed by atoms with van der Waals surface area (Å²) >= 11 is 0. The summed E-state index contributed by atoms with van der Waals surface area (Å²) in [5.74, 6) is -0.322. The van der Waals surface area contributed by atoms with Crippen molar-refractivity contribution in [2.45, 2.75) is 26.1 Å². The molecule has 1 aliphatic heterocycles. The third-order valence-corrected chi connectivity index (χ3v) is 2.07. The molecule has 0 bridgehead atoms. The van der Waals surface area contributed by atoms with E-state index in [9.17, 15) is 4.79 Å². The summed E-state index contributed by atoms with van der Waals surface area (Å²) in [4.78, 5) is 12.9. The van der Waals surface area contributed by atoms with Gasteiger partial charge in [0, 0.05) is 25.4 Å². The lowest BCUT2D eigenvalue weighted by atomic mass is 10.2. The molecule has 4 heteroatoms. The highest BCUT2D eigenvalue weighted by Gasteiger charge is 2.19. The van der Waals surface area contributed by atoms with Crippen LogP contribution in [0.3, 0.4) is 0 Å². The van der Waals surface area contributed by atoms with E-state index in [4.69, 9.17) is 4.74 Å². The lowest BCUT2D eigenvalue weighted by Gasteiger charge is -2.34. The number of hydrogen-bond acceptors (Lipinski definition) is 4. The number of nitrogens with zero attached hydrogens (tertiary/aromatic N) is 1. The van der Waals surface area contributed by atoms with Gasteiger partial charge < -0.3 is 14.4 Å². The van der Waals surface area contributed by atoms with Crippen LogP contribution in [0.1, 0.15) is 13.8 Å². The van der Waals surface area contributed by atoms with Gasteiger partial charge in [-0.3, -0.25) is 0 Å². The van der Waals surface area contributed by atoms with Crippen molar-refractivity contribution < 1.29 is 14.3 Å². The molecule has 1 heterocycles. The Kier molecular flexibility index (Phi) is 3.95. The second-order valence-corrected chi connectivity index (χ2v) is 3.55. The molecule has 80 valence electrons. The molecule has 1 fully saturated rings. The number of ether oxygens (including phenoxy) is 2. The predicted molar refractivity (Wildman–Crippen MR) is 52.7 cm³/mol. The fourth-order valence-electron chi connectivity index (χ4n) is 1.57. The van der Waals surface area contributed by atoms with E-state index >= 15 is 0 Å². The van der Waals surface area contributed by atoms with Crippen molar-refractivity contribution in [1.29, 1.82) is 0 Å². The Labute approximate surface area is 84.5 Å². The molecule has 0 amide bonds. The van der Waals surface area contributed by atoms with Crippen LogP contribution in [-0.4, -0.2) is 43.3 Å². The molecule has 0 spiro atoms. The van der Waals surface area contributed by atoms with E-state index < -0.39 is 0 Å². The highest BCUT2D eigenvalue weighted by Crippen LogP contribution is 2.10. The summed E-state index contributed by atoms with van der Waals surface area (Å²) in [5.41, 5.74) is 0. The van der Waals surface area contributed by atoms with Crippen LogP contribution >= 0.6 is 0 Å². The van der Waals surface area contributed by atoms with Crippen molar-refractivity contribution in [1.82, 2.24) is 4.90 Å². The molecule has 0 aromatic heterocycles. The topological polar surface area (TPSA) is 38.8 Å². The van der Waals surface area contributed by atoms with Gasteiger partial charge in [-0.1, -0.05) is 0 Å². The molecule has 0 unspecified atom stereocenters. The fraction of sp³-hybridized carbons (Fsp3) is 0.700. The average Bonchev–Trinajstić information content (AvgIpc) is 2.12. The quantitative estimate of drug-likeness (QED) is 0.486. The standard InChI is InChI=1S/C10H17NO3/c1-8-6-11(7-9(2)14-8)5-4-10(12)13-3/h4-5,8-9H,6-7H2,1-3H3/b5-4+/t8-,9+. The summed E-state index contributed by atoms with van der Waals surface area (Å²) in [7, 11) is 1.37. The molecule has 0 aliphatic carbocycles. The monoisotopic (exact) mass is 199 g/mol. The lowest BCUT2D eigenvalue weighted by Crippen LogP contribution is -2.42. The van der Waals surface area contributed by atoms with E-state index in [1.807, 2.05) is 13.8 Å². The smallest absolute Gasteiger partial charge is 0.331 e. The number of carbonyl (C=O) groups is 1. The van der Waals surface area contributed by atoms with Gasteiger partial charge in [0.05, 0.1) is 19.3 Å². The van der Waals surface area contributed by atoms with Gasteiger partial charge >= 0.3 is 5.97 Å². The zero-order chi connectivity index (χ0) is 10.6. The van der Waals surface area contributed by atoms with Crippen LogP contribution in [0.4, 0.5) is 0 Å². The number of carbonyl (C=O) groups excluding carboxylic acids is 1. The Morgan fingerprint density at radius 3 is 2.50 bits per heavy atom. The average molecular weight is 199 g/mol. The van der Waals surface area contributed by atoms with Crippen LogP contribution in [-0.2, 0) is 14.3 Å². The third-order valence-electron chi connectivity index (χ3n) is 2.07. The Morgan fingerprint density at radius 2 is 2.00 bits per heavy atom. The SMILES string of the molecule is COC(=O)/C=C/N1C[C@@H](C)O[C@@H](C)C1. The zero-order valence-electron chi connectivity index (χ0n) is 8.90. The molecule has 0 aromatic rings. The maximum atomic E-state index is 10.9. The predicted octanol–water partition coefficient (Wildman–Crippen LogP) is 0.782. The minimum Gasteiger partial charge on any atom is -0.466 e. The minimum atomic E-state index is -0.322. The molecular weight excluding hydrogens is 182 g/mol. The van der Waals surface area contributed by atoms with E-state index in [0.717, 1.165) is 13.1 Å². The van der Waals surface area contributed by atoms with Gasteiger partial charge in [0.25, 0.3) is 0 Å². The van der Waals surface area contributed by atoms with Crippen LogP contribution in [0.25, 0.3) is 0 Å². The summed E-state index contributed by atoms with van der Waals surface area (Å²) in [5, 5.41) is 0. The molecule has 2 atom stereocenters. The van der Waals surface area contributed by atoms with Crippen LogP contribution in [0, 0.1) is 0 Å². The fourth-order valence-corrected chi connectivity index (χ4v) is 1.57. The number of hydrogen-bond donors (Lipinski definition) is 0. The van der Waals surface area contributed by atoms with Crippen molar-refractivity contribution in [3.8, 4) is 0 Å². The van der Waals surface area contributed by atoms with Gasteiger partial charge in [0.1, 0.15) is 0 Å². The number of rotatable bonds is 2. The molecular formula is C10H17NO3. The summed E-state index contributed by atoms with van der Waals surface area (Å²) < 4.78 is 10.1. The van der Waals surface area contributed by atoms with Crippen LogP contribution < -0.4 is 0 Å². The van der Waals surface area contributed by atoms with Crippen molar-refractivity contribution >= 4 is 5.97 Å². The van der Waals surface area contributed by atoms with E-state index in [1.165, 1.54) is 13.2 Å². The first-order chi connectivity index (χ1) is 6.61. The highest BCUT2D eigenvalue weighted by molar-refractivity contribution is 5.81. The minimum absolute atomic E-state index is 0.209. The maximum Gasteiger partial charge on any atom is 0.331 e. The number of methoxy groups -OCH3 is 1. The van der Waals surface area contributed by atoms with Crippen molar-refractivity contribution in [2.24, 2.45) is 0 Å². The van der Waals surface area contributed by atoms with E-state index in [-0.39, 0.29) is 18.2 Å². The number of esters is 1. The molecule has 4 nitrogen and oxygen atoms in total. The van der Waals surface area contributed by atoms with Gasteiger partial charge in [0.15, 0.2) is 0 Å². The first-order valence-electron chi connectivity index (χ1n) is 4.77. The van der Waals surface area contributed by atoms with Gasteiger partial charge in [0.2, 0.25) is 0 Å². The molecule has 0 aromatic carbocycles. The van der Waals surface area contributed by atoms with Gasteiger partial charge in [-0.05, 0) is 13.8 Å². The van der Waals surface area contributed by atoms with Gasteiger partial charge in [-0.2, -0.15) is 0 Å². The molecule has 0 N–H and O–H groups in total. The van der Waals surface area contributed by atoms with Gasteiger partial charge in [-0.25, -0.2) is 4.79 Å². The van der Waals surface area contributed by atoms with Crippen molar-refractivity contribution in [3.05, 3.63) is 12.3 Å². The summed E-state index contributed by atoms with van der Waals surface area (Å²) in [6.45, 7) is 5.68. The summed E-state index contributed by atoms with van der Waals surface area (Å²) in [6, 6.07) is 0. The Hall–Kier alpha value is -1.03. The van der Waals surface area contributed by atoms with Crippen LogP contribution in [0.5, 0.6) is 0 Å². The highest BCUT2D eigenvalue weighted by atomic mass is 16.5. The second-order valence-electron chi connectivity index (χ2n) is 3.55. The van der Waals surface area contributed by atoms with E-state index in [1.54, 1.807) is 6.20 Å². The van der Waals surface area contributed by atoms with E-state index in [0.29, 0.717) is 0 Å². The van der Waals surface area contributed by atoms with Gasteiger partial charge in [-0.15, -0.1) is 0 Å². The van der Waals surface area contributed by atoms with Crippen molar-refractivity contribution in [3.63, 3.8) is 0 Å². The summed E-state index contributed by atoms with van der Waals surface area (Å²) in [6.07, 6.45) is 3.62. The Balaban J connectivity index is 2.44. The molecule has 0 radical (unpaired) electrons. The maximum absolute atomic E-state index is 10.9. The molecule has 0 saturated carbocycles. The second kappa shape index (κ2) is 5.00. The molecule has 1 aliphatic rings. The van der Waals surface area contributed by atoms with Crippen LogP contribution in [0.2, 0.25) is 0 Å². The largest absolute Gasteiger partial charge is 0.466 e. The molecule has 1 saturated heterocycles. The zero-order valence-corrected chi connectivity index (χ0v) is 8.90. The first-order valence-corrected chi connectivity index (χ1v) is 4.77. The van der Waals surface area contributed by atoms with Crippen LogP contribution in [0.15, 0.2) is 12.3 Å². The normalized spacial score (nSPS) is 28.1. The Bertz CT molecular complexity index is 217. The molecule has 1 rings (SSSR count). The number of morpholine rings is 1. The van der Waals surface area contributed by atoms with Crippen molar-refractivity contribution in [2.75, 3.05) is 20.2 Å². The lowest BCUT2D eigenvalue weighted by molar-refractivity contribution is -0.135.